The van der Waals surface area contributed by atoms with Crippen LogP contribution < -0.4 is 5.32 Å². The van der Waals surface area contributed by atoms with Crippen LogP contribution in [0.2, 0.25) is 0 Å². The van der Waals surface area contributed by atoms with Crippen LogP contribution in [0.25, 0.3) is 5.69 Å². The standard InChI is InChI=1S/C16H20N4O2/c21-9-12-4-6-14(7-5-12)19-16(22)13-2-1-3-15(8-13)20-11-17-10-18-20/h1-3,8,10-12,14,21H,4-7,9H2,(H,19,22). The first kappa shape index (κ1) is 14.7. The lowest BCUT2D eigenvalue weighted by Crippen LogP contribution is -2.38. The summed E-state index contributed by atoms with van der Waals surface area (Å²) in [6.45, 7) is 0.251. The third kappa shape index (κ3) is 3.33. The van der Waals surface area contributed by atoms with E-state index in [0.717, 1.165) is 31.4 Å². The molecule has 1 heterocycles. The van der Waals surface area contributed by atoms with Gasteiger partial charge in [-0.25, -0.2) is 9.67 Å². The molecule has 6 nitrogen and oxygen atoms in total. The van der Waals surface area contributed by atoms with Crippen molar-refractivity contribution in [1.82, 2.24) is 20.1 Å². The zero-order chi connectivity index (χ0) is 15.4. The number of hydrogen-bond donors (Lipinski definition) is 2. The lowest BCUT2D eigenvalue weighted by molar-refractivity contribution is 0.0914. The summed E-state index contributed by atoms with van der Waals surface area (Å²) < 4.78 is 1.63. The average Bonchev–Trinajstić information content (AvgIpc) is 3.10. The Morgan fingerprint density at radius 2 is 2.14 bits per heavy atom. The van der Waals surface area contributed by atoms with Crippen molar-refractivity contribution in [3.63, 3.8) is 0 Å². The molecule has 0 atom stereocenters. The van der Waals surface area contributed by atoms with Crippen molar-refractivity contribution in [3.05, 3.63) is 42.5 Å². The number of aliphatic hydroxyl groups is 1. The Hall–Kier alpha value is -2.21. The SMILES string of the molecule is O=C(NC1CCC(CO)CC1)c1cccc(-n2cncn2)c1. The second-order valence-corrected chi connectivity index (χ2v) is 5.76. The molecule has 1 saturated carbocycles. The molecule has 2 aromatic rings. The van der Waals surface area contributed by atoms with Crippen LogP contribution in [0.1, 0.15) is 36.0 Å². The highest BCUT2D eigenvalue weighted by atomic mass is 16.3. The van der Waals surface area contributed by atoms with Crippen LogP contribution in [0, 0.1) is 5.92 Å². The van der Waals surface area contributed by atoms with Gasteiger partial charge in [0.25, 0.3) is 5.91 Å². The molecule has 6 heteroatoms. The Balaban J connectivity index is 1.64. The molecule has 116 valence electrons. The van der Waals surface area contributed by atoms with E-state index in [2.05, 4.69) is 15.4 Å². The monoisotopic (exact) mass is 300 g/mol. The Labute approximate surface area is 129 Å². The Bertz CT molecular complexity index is 619. The van der Waals surface area contributed by atoms with Crippen molar-refractivity contribution in [2.75, 3.05) is 6.61 Å². The molecule has 0 radical (unpaired) electrons. The molecule has 1 aliphatic rings. The number of carbonyl (C=O) groups is 1. The fourth-order valence-corrected chi connectivity index (χ4v) is 2.89. The summed E-state index contributed by atoms with van der Waals surface area (Å²) in [5.41, 5.74) is 1.44. The molecule has 0 saturated heterocycles. The van der Waals surface area contributed by atoms with Crippen molar-refractivity contribution >= 4 is 5.91 Å². The van der Waals surface area contributed by atoms with Gasteiger partial charge in [0.15, 0.2) is 0 Å². The van der Waals surface area contributed by atoms with Gasteiger partial charge in [-0.2, -0.15) is 5.10 Å². The first-order chi connectivity index (χ1) is 10.8. The largest absolute Gasteiger partial charge is 0.396 e. The van der Waals surface area contributed by atoms with Crippen molar-refractivity contribution in [2.24, 2.45) is 5.92 Å². The number of amides is 1. The van der Waals surface area contributed by atoms with Crippen molar-refractivity contribution in [1.29, 1.82) is 0 Å². The van der Waals surface area contributed by atoms with Crippen LogP contribution in [0.4, 0.5) is 0 Å². The number of carbonyl (C=O) groups excluding carboxylic acids is 1. The van der Waals surface area contributed by atoms with E-state index in [4.69, 9.17) is 5.11 Å². The average molecular weight is 300 g/mol. The third-order valence-electron chi connectivity index (χ3n) is 4.23. The number of benzene rings is 1. The van der Waals surface area contributed by atoms with Gasteiger partial charge < -0.3 is 10.4 Å². The van der Waals surface area contributed by atoms with Gasteiger partial charge in [0, 0.05) is 18.2 Å². The van der Waals surface area contributed by atoms with Gasteiger partial charge in [0.2, 0.25) is 0 Å². The molecule has 1 fully saturated rings. The van der Waals surface area contributed by atoms with Crippen molar-refractivity contribution in [2.45, 2.75) is 31.7 Å². The summed E-state index contributed by atoms with van der Waals surface area (Å²) in [6.07, 6.45) is 6.87. The zero-order valence-corrected chi connectivity index (χ0v) is 12.4. The van der Waals surface area contributed by atoms with Gasteiger partial charge >= 0.3 is 0 Å². The van der Waals surface area contributed by atoms with Gasteiger partial charge in [0.1, 0.15) is 12.7 Å². The van der Waals surface area contributed by atoms with E-state index in [1.54, 1.807) is 17.1 Å². The molecule has 22 heavy (non-hydrogen) atoms. The summed E-state index contributed by atoms with van der Waals surface area (Å²) >= 11 is 0. The van der Waals surface area contributed by atoms with Crippen molar-refractivity contribution < 1.29 is 9.90 Å². The molecule has 2 N–H and O–H groups in total. The van der Waals surface area contributed by atoms with Crippen molar-refractivity contribution in [3.8, 4) is 5.69 Å². The van der Waals surface area contributed by atoms with Crippen LogP contribution in [0.15, 0.2) is 36.9 Å². The van der Waals surface area contributed by atoms with Gasteiger partial charge in [0.05, 0.1) is 5.69 Å². The minimum Gasteiger partial charge on any atom is -0.396 e. The van der Waals surface area contributed by atoms with E-state index >= 15 is 0 Å². The Kier molecular flexibility index (Phi) is 4.48. The number of rotatable bonds is 4. The predicted octanol–water partition coefficient (Wildman–Crippen LogP) is 1.55. The minimum absolute atomic E-state index is 0.0607. The normalized spacial score (nSPS) is 21.5. The lowest BCUT2D eigenvalue weighted by Gasteiger charge is -2.28. The molecule has 0 aliphatic heterocycles. The van der Waals surface area contributed by atoms with E-state index in [9.17, 15) is 4.79 Å². The van der Waals surface area contributed by atoms with Crippen LogP contribution >= 0.6 is 0 Å². The highest BCUT2D eigenvalue weighted by Crippen LogP contribution is 2.24. The number of hydrogen-bond acceptors (Lipinski definition) is 4. The Morgan fingerprint density at radius 1 is 1.32 bits per heavy atom. The Morgan fingerprint density at radius 3 is 2.82 bits per heavy atom. The number of nitrogens with zero attached hydrogens (tertiary/aromatic N) is 3. The van der Waals surface area contributed by atoms with E-state index < -0.39 is 0 Å². The maximum Gasteiger partial charge on any atom is 0.251 e. The molecule has 1 amide bonds. The smallest absolute Gasteiger partial charge is 0.251 e. The highest BCUT2D eigenvalue weighted by Gasteiger charge is 2.22. The number of aromatic nitrogens is 3. The zero-order valence-electron chi connectivity index (χ0n) is 12.4. The quantitative estimate of drug-likeness (QED) is 0.898. The van der Waals surface area contributed by atoms with Gasteiger partial charge in [-0.1, -0.05) is 6.07 Å². The van der Waals surface area contributed by atoms with E-state index in [1.165, 1.54) is 6.33 Å². The molecule has 3 rings (SSSR count). The number of nitrogens with one attached hydrogen (secondary N) is 1. The third-order valence-corrected chi connectivity index (χ3v) is 4.23. The summed E-state index contributed by atoms with van der Waals surface area (Å²) in [6, 6.07) is 7.54. The highest BCUT2D eigenvalue weighted by molar-refractivity contribution is 5.94. The summed E-state index contributed by atoms with van der Waals surface area (Å²) in [4.78, 5) is 16.3. The summed E-state index contributed by atoms with van der Waals surface area (Å²) in [5, 5.41) is 16.3. The second kappa shape index (κ2) is 6.70. The summed E-state index contributed by atoms with van der Waals surface area (Å²) in [7, 11) is 0. The topological polar surface area (TPSA) is 80.0 Å². The van der Waals surface area contributed by atoms with E-state index in [-0.39, 0.29) is 18.6 Å². The van der Waals surface area contributed by atoms with Crippen LogP contribution in [0.5, 0.6) is 0 Å². The van der Waals surface area contributed by atoms with E-state index in [0.29, 0.717) is 11.5 Å². The molecular formula is C16H20N4O2. The van der Waals surface area contributed by atoms with Gasteiger partial charge in [-0.15, -0.1) is 0 Å². The second-order valence-electron chi connectivity index (χ2n) is 5.76. The first-order valence-corrected chi connectivity index (χ1v) is 7.63. The summed E-state index contributed by atoms with van der Waals surface area (Å²) in [5.74, 6) is 0.332. The first-order valence-electron chi connectivity index (χ1n) is 7.63. The van der Waals surface area contributed by atoms with Crippen LogP contribution in [-0.4, -0.2) is 38.4 Å². The maximum atomic E-state index is 12.4. The molecule has 0 unspecified atom stereocenters. The van der Waals surface area contributed by atoms with Gasteiger partial charge in [-0.05, 0) is 49.8 Å². The predicted molar refractivity (Wildman–Crippen MR) is 81.7 cm³/mol. The van der Waals surface area contributed by atoms with E-state index in [1.807, 2.05) is 18.2 Å². The van der Waals surface area contributed by atoms with Crippen LogP contribution in [-0.2, 0) is 0 Å². The number of aliphatic hydroxyl groups excluding tert-OH is 1. The molecule has 1 aliphatic carbocycles. The minimum atomic E-state index is -0.0607. The lowest BCUT2D eigenvalue weighted by atomic mass is 9.86. The molecule has 0 bridgehead atoms. The molecule has 0 spiro atoms. The molecular weight excluding hydrogens is 280 g/mol. The fraction of sp³-hybridized carbons (Fsp3) is 0.438. The van der Waals surface area contributed by atoms with Crippen LogP contribution in [0.3, 0.4) is 0 Å². The van der Waals surface area contributed by atoms with Gasteiger partial charge in [-0.3, -0.25) is 4.79 Å². The molecule has 1 aromatic heterocycles. The maximum absolute atomic E-state index is 12.4. The fourth-order valence-electron chi connectivity index (χ4n) is 2.89. The molecule has 1 aromatic carbocycles.